The van der Waals surface area contributed by atoms with Gasteiger partial charge in [0.05, 0.1) is 22.8 Å². The fourth-order valence-corrected chi connectivity index (χ4v) is 4.98. The van der Waals surface area contributed by atoms with E-state index < -0.39 is 0 Å². The molecular weight excluding hydrogens is 388 g/mol. The molecule has 0 bridgehead atoms. The quantitative estimate of drug-likeness (QED) is 0.576. The lowest BCUT2D eigenvalue weighted by molar-refractivity contribution is -0.115. The average molecular weight is 407 g/mol. The molecule has 1 aliphatic heterocycles. The molecule has 2 amide bonds. The van der Waals surface area contributed by atoms with Crippen LogP contribution in [0.5, 0.6) is 0 Å². The Morgan fingerprint density at radius 2 is 1.46 bits per heavy atom. The molecule has 1 aliphatic rings. The number of hydrogen-bond acceptors (Lipinski definition) is 4. The fourth-order valence-electron chi connectivity index (χ4n) is 3.06. The van der Waals surface area contributed by atoms with Crippen LogP contribution in [0.15, 0.2) is 87.5 Å². The van der Waals surface area contributed by atoms with Crippen molar-refractivity contribution in [1.82, 2.24) is 0 Å². The molecule has 1 N–H and O–H groups in total. The van der Waals surface area contributed by atoms with Crippen LogP contribution in [-0.4, -0.2) is 17.6 Å². The molecule has 6 heteroatoms. The minimum absolute atomic E-state index is 0.00262. The molecule has 0 atom stereocenters. The minimum Gasteiger partial charge on any atom is -0.325 e. The van der Waals surface area contributed by atoms with E-state index in [1.807, 2.05) is 72.8 Å². The van der Waals surface area contributed by atoms with Crippen LogP contribution in [0, 0.1) is 0 Å². The zero-order valence-electron chi connectivity index (χ0n) is 15.2. The third-order valence-electron chi connectivity index (χ3n) is 4.23. The standard InChI is InChI=1S/C22H18N2O2S2/c1-15(25)23-16-8-2-5-11-19(16)27-14-22(26)24-17-9-3-6-12-20(17)28-21-13-7-4-10-18(21)24/h2-13H,14H2,1H3,(H,23,25). The zero-order valence-corrected chi connectivity index (χ0v) is 16.8. The number of para-hydroxylation sites is 3. The van der Waals surface area contributed by atoms with Gasteiger partial charge >= 0.3 is 0 Å². The minimum atomic E-state index is -0.129. The van der Waals surface area contributed by atoms with Crippen molar-refractivity contribution in [3.8, 4) is 0 Å². The molecule has 0 spiro atoms. The van der Waals surface area contributed by atoms with Crippen LogP contribution in [0.3, 0.4) is 0 Å². The number of hydrogen-bond donors (Lipinski definition) is 1. The molecule has 0 unspecified atom stereocenters. The van der Waals surface area contributed by atoms with E-state index >= 15 is 0 Å². The largest absolute Gasteiger partial charge is 0.325 e. The monoisotopic (exact) mass is 406 g/mol. The summed E-state index contributed by atoms with van der Waals surface area (Å²) in [7, 11) is 0. The van der Waals surface area contributed by atoms with Gasteiger partial charge in [-0.3, -0.25) is 14.5 Å². The van der Waals surface area contributed by atoms with Gasteiger partial charge in [0.1, 0.15) is 0 Å². The van der Waals surface area contributed by atoms with E-state index in [2.05, 4.69) is 5.32 Å². The van der Waals surface area contributed by atoms with Gasteiger partial charge in [-0.2, -0.15) is 0 Å². The maximum Gasteiger partial charge on any atom is 0.241 e. The molecule has 4 nitrogen and oxygen atoms in total. The van der Waals surface area contributed by atoms with Crippen molar-refractivity contribution in [2.75, 3.05) is 16.0 Å². The molecule has 140 valence electrons. The van der Waals surface area contributed by atoms with Crippen molar-refractivity contribution in [3.63, 3.8) is 0 Å². The zero-order chi connectivity index (χ0) is 19.5. The number of carbonyl (C=O) groups excluding carboxylic acids is 2. The molecule has 0 aliphatic carbocycles. The second-order valence-corrected chi connectivity index (χ2v) is 8.33. The van der Waals surface area contributed by atoms with Gasteiger partial charge in [-0.1, -0.05) is 48.2 Å². The number of anilines is 3. The van der Waals surface area contributed by atoms with E-state index in [-0.39, 0.29) is 17.6 Å². The molecule has 28 heavy (non-hydrogen) atoms. The summed E-state index contributed by atoms with van der Waals surface area (Å²) in [6.07, 6.45) is 0. The van der Waals surface area contributed by atoms with E-state index in [1.54, 1.807) is 16.7 Å². The van der Waals surface area contributed by atoms with Crippen LogP contribution in [0.2, 0.25) is 0 Å². The molecule has 3 aromatic rings. The molecule has 4 rings (SSSR count). The Hall–Kier alpha value is -2.70. The highest BCUT2D eigenvalue weighted by molar-refractivity contribution is 8.00. The van der Waals surface area contributed by atoms with E-state index in [0.717, 1.165) is 31.7 Å². The van der Waals surface area contributed by atoms with Crippen molar-refractivity contribution in [2.24, 2.45) is 0 Å². The average Bonchev–Trinajstić information content (AvgIpc) is 2.70. The van der Waals surface area contributed by atoms with Crippen LogP contribution >= 0.6 is 23.5 Å². The highest BCUT2D eigenvalue weighted by Crippen LogP contribution is 2.48. The SMILES string of the molecule is CC(=O)Nc1ccccc1SCC(=O)N1c2ccccc2Sc2ccccc21. The van der Waals surface area contributed by atoms with Gasteiger partial charge < -0.3 is 5.32 Å². The predicted octanol–water partition coefficient (Wildman–Crippen LogP) is 5.57. The first kappa shape index (κ1) is 18.7. The molecule has 0 radical (unpaired) electrons. The molecule has 3 aromatic carbocycles. The van der Waals surface area contributed by atoms with Crippen LogP contribution in [0.4, 0.5) is 17.1 Å². The van der Waals surface area contributed by atoms with Crippen molar-refractivity contribution in [2.45, 2.75) is 21.6 Å². The number of thioether (sulfide) groups is 1. The molecule has 0 aromatic heterocycles. The fraction of sp³-hybridized carbons (Fsp3) is 0.0909. The van der Waals surface area contributed by atoms with Crippen molar-refractivity contribution < 1.29 is 9.59 Å². The first-order valence-electron chi connectivity index (χ1n) is 8.82. The summed E-state index contributed by atoms with van der Waals surface area (Å²) in [5.41, 5.74) is 2.54. The second kappa shape index (κ2) is 8.12. The Bertz CT molecular complexity index is 1010. The van der Waals surface area contributed by atoms with Gasteiger partial charge in [0.25, 0.3) is 0 Å². The van der Waals surface area contributed by atoms with Crippen molar-refractivity contribution in [3.05, 3.63) is 72.8 Å². The Morgan fingerprint density at radius 3 is 2.11 bits per heavy atom. The van der Waals surface area contributed by atoms with Gasteiger partial charge in [-0.15, -0.1) is 11.8 Å². The number of amides is 2. The normalized spacial score (nSPS) is 12.1. The number of fused-ring (bicyclic) bond motifs is 2. The Morgan fingerprint density at radius 1 is 0.893 bits per heavy atom. The van der Waals surface area contributed by atoms with Crippen LogP contribution in [-0.2, 0) is 9.59 Å². The Balaban J connectivity index is 1.61. The number of benzene rings is 3. The highest BCUT2D eigenvalue weighted by Gasteiger charge is 2.27. The molecule has 0 fully saturated rings. The summed E-state index contributed by atoms with van der Waals surface area (Å²) in [5.74, 6) is 0.141. The summed E-state index contributed by atoms with van der Waals surface area (Å²) < 4.78 is 0. The summed E-state index contributed by atoms with van der Waals surface area (Å²) in [6.45, 7) is 1.48. The molecule has 1 heterocycles. The van der Waals surface area contributed by atoms with Crippen LogP contribution in [0.1, 0.15) is 6.92 Å². The first-order chi connectivity index (χ1) is 13.6. The number of nitrogens with zero attached hydrogens (tertiary/aromatic N) is 1. The number of nitrogens with one attached hydrogen (secondary N) is 1. The highest BCUT2D eigenvalue weighted by atomic mass is 32.2. The summed E-state index contributed by atoms with van der Waals surface area (Å²) >= 11 is 3.11. The molecule has 0 saturated carbocycles. The van der Waals surface area contributed by atoms with Crippen LogP contribution < -0.4 is 10.2 Å². The maximum absolute atomic E-state index is 13.2. The lowest BCUT2D eigenvalue weighted by atomic mass is 10.2. The smallest absolute Gasteiger partial charge is 0.241 e. The van der Waals surface area contributed by atoms with E-state index in [4.69, 9.17) is 0 Å². The summed E-state index contributed by atoms with van der Waals surface area (Å²) in [6, 6.07) is 23.4. The van der Waals surface area contributed by atoms with Crippen molar-refractivity contribution >= 4 is 52.4 Å². The van der Waals surface area contributed by atoms with E-state index in [0.29, 0.717) is 0 Å². The van der Waals surface area contributed by atoms with Gasteiger partial charge in [0, 0.05) is 21.6 Å². The van der Waals surface area contributed by atoms with Gasteiger partial charge in [-0.05, 0) is 36.4 Å². The lowest BCUT2D eigenvalue weighted by Gasteiger charge is -2.31. The number of carbonyl (C=O) groups is 2. The summed E-state index contributed by atoms with van der Waals surface area (Å²) in [5, 5.41) is 2.82. The Labute approximate surface area is 172 Å². The third kappa shape index (κ3) is 3.79. The first-order valence-corrected chi connectivity index (χ1v) is 10.6. The van der Waals surface area contributed by atoms with E-state index in [1.165, 1.54) is 18.7 Å². The van der Waals surface area contributed by atoms with Crippen molar-refractivity contribution in [1.29, 1.82) is 0 Å². The van der Waals surface area contributed by atoms with E-state index in [9.17, 15) is 9.59 Å². The maximum atomic E-state index is 13.2. The Kier molecular flexibility index (Phi) is 5.41. The lowest BCUT2D eigenvalue weighted by Crippen LogP contribution is -2.30. The topological polar surface area (TPSA) is 49.4 Å². The molecule has 0 saturated heterocycles. The van der Waals surface area contributed by atoms with Gasteiger partial charge in [0.15, 0.2) is 0 Å². The molecular formula is C22H18N2O2S2. The van der Waals surface area contributed by atoms with Gasteiger partial charge in [-0.25, -0.2) is 0 Å². The number of rotatable bonds is 4. The van der Waals surface area contributed by atoms with Crippen LogP contribution in [0.25, 0.3) is 0 Å². The predicted molar refractivity (Wildman–Crippen MR) is 116 cm³/mol. The van der Waals surface area contributed by atoms with Gasteiger partial charge in [0.2, 0.25) is 11.8 Å². The second-order valence-electron chi connectivity index (χ2n) is 6.23. The summed E-state index contributed by atoms with van der Waals surface area (Å²) in [4.78, 5) is 29.5. The third-order valence-corrected chi connectivity index (χ3v) is 6.42.